The Morgan fingerprint density at radius 2 is 0.867 bits per heavy atom. The first-order valence-corrected chi connectivity index (χ1v) is 14.8. The lowest BCUT2D eigenvalue weighted by Crippen LogP contribution is -2.08. The van der Waals surface area contributed by atoms with E-state index in [1.807, 2.05) is 62.4 Å². The van der Waals surface area contributed by atoms with E-state index in [9.17, 15) is 20.1 Å². The Morgan fingerprint density at radius 3 is 1.20 bits per heavy atom. The molecule has 0 aliphatic heterocycles. The number of carbonyl (C=O) groups excluding carboxylic acids is 2. The van der Waals surface area contributed by atoms with E-state index in [4.69, 9.17) is 9.47 Å². The van der Waals surface area contributed by atoms with Crippen LogP contribution in [0.4, 0.5) is 0 Å². The van der Waals surface area contributed by atoms with Gasteiger partial charge in [0, 0.05) is 0 Å². The van der Waals surface area contributed by atoms with Gasteiger partial charge in [0.25, 0.3) is 0 Å². The molecule has 0 saturated heterocycles. The summed E-state index contributed by atoms with van der Waals surface area (Å²) in [4.78, 5) is 24.9. The minimum atomic E-state index is -0.407. The van der Waals surface area contributed by atoms with Crippen molar-refractivity contribution in [3.8, 4) is 12.1 Å². The quantitative estimate of drug-likeness (QED) is 0.0704. The highest BCUT2D eigenvalue weighted by atomic mass is 16.5. The lowest BCUT2D eigenvalue weighted by Gasteiger charge is -2.07. The van der Waals surface area contributed by atoms with Crippen molar-refractivity contribution >= 4 is 35.2 Å². The van der Waals surface area contributed by atoms with Crippen molar-refractivity contribution in [2.45, 2.75) is 33.1 Å². The molecule has 0 bridgehead atoms. The van der Waals surface area contributed by atoms with E-state index in [1.165, 1.54) is 0 Å². The topological polar surface area (TPSA) is 100 Å². The van der Waals surface area contributed by atoms with Gasteiger partial charge in [0.05, 0.1) is 47.6 Å². The summed E-state index contributed by atoms with van der Waals surface area (Å²) in [6.45, 7) is 4.53. The first-order valence-electron chi connectivity index (χ1n) is 14.8. The maximum Gasteiger partial charge on any atom is 0.338 e. The number of unbranched alkanes of at least 4 members (excludes halogenated alkanes) is 2. The molecule has 0 spiro atoms. The third-order valence-corrected chi connectivity index (χ3v) is 7.14. The van der Waals surface area contributed by atoms with Crippen LogP contribution < -0.4 is 0 Å². The van der Waals surface area contributed by atoms with E-state index < -0.39 is 11.9 Å². The molecular formula is C39H34N2O4. The van der Waals surface area contributed by atoms with Crippen LogP contribution in [0.5, 0.6) is 0 Å². The highest BCUT2D eigenvalue weighted by Gasteiger charge is 2.09. The van der Waals surface area contributed by atoms with Gasteiger partial charge in [-0.15, -0.1) is 0 Å². The third kappa shape index (κ3) is 9.64. The highest BCUT2D eigenvalue weighted by molar-refractivity contribution is 5.93. The molecule has 6 nitrogen and oxygen atoms in total. The Balaban J connectivity index is 1.15. The number of hydrogen-bond acceptors (Lipinski definition) is 6. The van der Waals surface area contributed by atoms with E-state index in [-0.39, 0.29) is 13.2 Å². The third-order valence-electron chi connectivity index (χ3n) is 7.14. The smallest absolute Gasteiger partial charge is 0.338 e. The van der Waals surface area contributed by atoms with E-state index in [0.29, 0.717) is 35.1 Å². The van der Waals surface area contributed by atoms with Gasteiger partial charge < -0.3 is 9.47 Å². The normalized spacial score (nSPS) is 11.3. The largest absolute Gasteiger partial charge is 0.462 e. The molecule has 6 heteroatoms. The van der Waals surface area contributed by atoms with Crippen molar-refractivity contribution in [3.63, 3.8) is 0 Å². The number of aryl methyl sites for hydroxylation is 2. The molecule has 4 aromatic rings. The molecule has 0 aliphatic carbocycles. The predicted molar refractivity (Wildman–Crippen MR) is 177 cm³/mol. The Kier molecular flexibility index (Phi) is 11.6. The van der Waals surface area contributed by atoms with Crippen molar-refractivity contribution in [2.75, 3.05) is 13.2 Å². The summed E-state index contributed by atoms with van der Waals surface area (Å²) in [7, 11) is 0. The van der Waals surface area contributed by atoms with Crippen LogP contribution in [0.2, 0.25) is 0 Å². The van der Waals surface area contributed by atoms with Crippen LogP contribution in [0.25, 0.3) is 23.3 Å². The monoisotopic (exact) mass is 594 g/mol. The summed E-state index contributed by atoms with van der Waals surface area (Å²) in [6, 6.07) is 33.9. The summed E-state index contributed by atoms with van der Waals surface area (Å²) < 4.78 is 10.8. The number of benzene rings is 4. The van der Waals surface area contributed by atoms with Crippen molar-refractivity contribution < 1.29 is 19.1 Å². The van der Waals surface area contributed by atoms with Crippen LogP contribution in [0.1, 0.15) is 73.4 Å². The number of nitriles is 2. The zero-order valence-corrected chi connectivity index (χ0v) is 25.5. The van der Waals surface area contributed by atoms with Gasteiger partial charge in [-0.1, -0.05) is 83.9 Å². The molecule has 0 unspecified atom stereocenters. The van der Waals surface area contributed by atoms with Crippen LogP contribution in [0.3, 0.4) is 0 Å². The van der Waals surface area contributed by atoms with Crippen LogP contribution in [0.15, 0.2) is 97.1 Å². The first-order chi connectivity index (χ1) is 21.9. The van der Waals surface area contributed by atoms with Gasteiger partial charge >= 0.3 is 11.9 Å². The molecule has 0 saturated carbocycles. The molecule has 45 heavy (non-hydrogen) atoms. The molecular weight excluding hydrogens is 560 g/mol. The van der Waals surface area contributed by atoms with Gasteiger partial charge in [-0.3, -0.25) is 0 Å². The maximum absolute atomic E-state index is 12.4. The average molecular weight is 595 g/mol. The van der Waals surface area contributed by atoms with Crippen molar-refractivity contribution in [1.29, 1.82) is 10.5 Å². The van der Waals surface area contributed by atoms with Crippen molar-refractivity contribution in [1.82, 2.24) is 0 Å². The second-order valence-electron chi connectivity index (χ2n) is 10.6. The lowest BCUT2D eigenvalue weighted by molar-refractivity contribution is 0.0478. The van der Waals surface area contributed by atoms with Crippen molar-refractivity contribution in [2.24, 2.45) is 0 Å². The molecule has 4 aromatic carbocycles. The molecule has 0 aromatic heterocycles. The molecule has 0 atom stereocenters. The molecule has 0 aliphatic rings. The maximum atomic E-state index is 12.4. The Labute approximate surface area is 264 Å². The van der Waals surface area contributed by atoms with Crippen molar-refractivity contribution in [3.05, 3.63) is 142 Å². The number of carbonyl (C=O) groups is 2. The fraction of sp³-hybridized carbons (Fsp3) is 0.179. The van der Waals surface area contributed by atoms with E-state index in [1.54, 1.807) is 60.7 Å². The van der Waals surface area contributed by atoms with E-state index in [2.05, 4.69) is 12.1 Å². The van der Waals surface area contributed by atoms with Gasteiger partial charge in [-0.05, 0) is 91.8 Å². The minimum Gasteiger partial charge on any atom is -0.462 e. The van der Waals surface area contributed by atoms with Gasteiger partial charge in [-0.25, -0.2) is 9.59 Å². The van der Waals surface area contributed by atoms with E-state index >= 15 is 0 Å². The van der Waals surface area contributed by atoms with Gasteiger partial charge in [0.15, 0.2) is 0 Å². The Morgan fingerprint density at radius 1 is 0.533 bits per heavy atom. The lowest BCUT2D eigenvalue weighted by atomic mass is 10.0. The molecule has 0 heterocycles. The summed E-state index contributed by atoms with van der Waals surface area (Å²) in [5.74, 6) is -0.815. The number of hydrogen-bond donors (Lipinski definition) is 0. The second-order valence-corrected chi connectivity index (χ2v) is 10.6. The molecule has 0 N–H and O–H groups in total. The highest BCUT2D eigenvalue weighted by Crippen LogP contribution is 2.20. The summed E-state index contributed by atoms with van der Waals surface area (Å²) >= 11 is 0. The van der Waals surface area contributed by atoms with Crippen LogP contribution in [0, 0.1) is 36.5 Å². The standard InChI is InChI=1S/C39H34N2O4/c1-28-6-14-32(15-7-28)36(26-40)24-30-10-18-34(19-11-30)38(42)44-22-4-3-5-23-45-39(43)35-20-12-31(13-21-35)25-37(27-41)33-16-8-29(2)9-17-33/h6-21,24-25H,3-5,22-23H2,1-2H3/b36-24-,37-25+. The number of esters is 2. The second kappa shape index (κ2) is 16.2. The molecule has 0 fully saturated rings. The van der Waals surface area contributed by atoms with Crippen LogP contribution in [-0.2, 0) is 9.47 Å². The van der Waals surface area contributed by atoms with Gasteiger partial charge in [0.2, 0.25) is 0 Å². The van der Waals surface area contributed by atoms with Gasteiger partial charge in [-0.2, -0.15) is 10.5 Å². The number of ether oxygens (including phenoxy) is 2. The van der Waals surface area contributed by atoms with Crippen LogP contribution >= 0.6 is 0 Å². The van der Waals surface area contributed by atoms with Gasteiger partial charge in [0.1, 0.15) is 0 Å². The van der Waals surface area contributed by atoms with E-state index in [0.717, 1.165) is 39.8 Å². The molecule has 224 valence electrons. The summed E-state index contributed by atoms with van der Waals surface area (Å²) in [6.07, 6.45) is 5.61. The SMILES string of the molecule is Cc1ccc(/C(C#N)=C/c2ccc(C(=O)OCCCCCOC(=O)c3ccc(/C=C(/C#N)c4ccc(C)cc4)cc3)cc2)cc1. The predicted octanol–water partition coefficient (Wildman–Crippen LogP) is 8.62. The number of allylic oxidation sites excluding steroid dienone is 2. The summed E-state index contributed by atoms with van der Waals surface area (Å²) in [5, 5.41) is 19.1. The Bertz CT molecular complexity index is 1620. The number of nitrogens with zero attached hydrogens (tertiary/aromatic N) is 2. The zero-order valence-electron chi connectivity index (χ0n) is 25.5. The first kappa shape index (κ1) is 32.2. The Hall–Kier alpha value is -5.72. The summed E-state index contributed by atoms with van der Waals surface area (Å²) in [5.41, 5.74) is 7.54. The molecule has 0 radical (unpaired) electrons. The zero-order chi connectivity index (χ0) is 32.0. The van der Waals surface area contributed by atoms with Crippen LogP contribution in [-0.4, -0.2) is 25.2 Å². The fourth-order valence-electron chi connectivity index (χ4n) is 4.47. The average Bonchev–Trinajstić information content (AvgIpc) is 3.07. The molecule has 4 rings (SSSR count). The minimum absolute atomic E-state index is 0.267. The number of rotatable bonds is 12. The fourth-order valence-corrected chi connectivity index (χ4v) is 4.47. The molecule has 0 amide bonds.